The molecule has 0 aromatic rings. The molecule has 0 bridgehead atoms. The third-order valence-corrected chi connectivity index (χ3v) is 4.66. The van der Waals surface area contributed by atoms with Crippen LogP contribution >= 0.6 is 0 Å². The van der Waals surface area contributed by atoms with E-state index in [0.717, 1.165) is 6.42 Å². The fraction of sp³-hybridized carbons (Fsp3) is 0.857. The molecule has 1 saturated carbocycles. The van der Waals surface area contributed by atoms with Gasteiger partial charge in [-0.2, -0.15) is 0 Å². The van der Waals surface area contributed by atoms with Crippen LogP contribution < -0.4 is 0 Å². The molecule has 2 N–H and O–H groups in total. The van der Waals surface area contributed by atoms with Gasteiger partial charge in [0.1, 0.15) is 0 Å². The van der Waals surface area contributed by atoms with E-state index in [1.165, 1.54) is 0 Å². The molecule has 1 aliphatic carbocycles. The van der Waals surface area contributed by atoms with Crippen molar-refractivity contribution in [3.63, 3.8) is 0 Å². The van der Waals surface area contributed by atoms with Gasteiger partial charge in [-0.3, -0.25) is 9.59 Å². The van der Waals surface area contributed by atoms with Gasteiger partial charge >= 0.3 is 5.97 Å². The highest BCUT2D eigenvalue weighted by Gasteiger charge is 2.43. The number of carbonyl (C=O) groups is 2. The number of piperidine rings is 1. The first-order valence-corrected chi connectivity index (χ1v) is 7.09. The number of likely N-dealkylation sites (tertiary alicyclic amines) is 1. The Balaban J connectivity index is 2.04. The minimum absolute atomic E-state index is 0.0808. The second-order valence-electron chi connectivity index (χ2n) is 6.25. The molecule has 108 valence electrons. The molecule has 5 atom stereocenters. The first-order chi connectivity index (χ1) is 8.90. The van der Waals surface area contributed by atoms with Gasteiger partial charge in [0.15, 0.2) is 0 Å². The van der Waals surface area contributed by atoms with Gasteiger partial charge in [0.05, 0.1) is 17.9 Å². The van der Waals surface area contributed by atoms with Crippen molar-refractivity contribution < 1.29 is 19.8 Å². The van der Waals surface area contributed by atoms with Crippen molar-refractivity contribution in [2.75, 3.05) is 13.1 Å². The molecule has 2 aliphatic rings. The molecule has 1 amide bonds. The number of hydrogen-bond donors (Lipinski definition) is 2. The number of carbonyl (C=O) groups excluding carboxylic acids is 1. The van der Waals surface area contributed by atoms with Gasteiger partial charge < -0.3 is 15.1 Å². The van der Waals surface area contributed by atoms with Gasteiger partial charge in [-0.05, 0) is 31.1 Å². The molecule has 0 spiro atoms. The lowest BCUT2D eigenvalue weighted by molar-refractivity contribution is -0.150. The van der Waals surface area contributed by atoms with Crippen molar-refractivity contribution in [1.82, 2.24) is 4.90 Å². The smallest absolute Gasteiger partial charge is 0.307 e. The van der Waals surface area contributed by atoms with Gasteiger partial charge in [-0.1, -0.05) is 13.8 Å². The van der Waals surface area contributed by atoms with Crippen molar-refractivity contribution >= 4 is 11.9 Å². The number of hydrogen-bond acceptors (Lipinski definition) is 3. The SMILES string of the molecule is CC1C[C@H](C(=O)N2CCC(C)C(O)C2)[C@H](C(=O)O)C1. The fourth-order valence-electron chi connectivity index (χ4n) is 3.32. The predicted molar refractivity (Wildman–Crippen MR) is 69.4 cm³/mol. The van der Waals surface area contributed by atoms with Crippen molar-refractivity contribution in [2.24, 2.45) is 23.7 Å². The molecular weight excluding hydrogens is 246 g/mol. The average molecular weight is 269 g/mol. The quantitative estimate of drug-likeness (QED) is 0.783. The van der Waals surface area contributed by atoms with E-state index < -0.39 is 23.9 Å². The van der Waals surface area contributed by atoms with E-state index in [1.807, 2.05) is 13.8 Å². The van der Waals surface area contributed by atoms with E-state index in [9.17, 15) is 19.8 Å². The maximum atomic E-state index is 12.5. The minimum Gasteiger partial charge on any atom is -0.481 e. The molecule has 0 aromatic heterocycles. The summed E-state index contributed by atoms with van der Waals surface area (Å²) in [4.78, 5) is 25.4. The van der Waals surface area contributed by atoms with Gasteiger partial charge in [0.2, 0.25) is 5.91 Å². The summed E-state index contributed by atoms with van der Waals surface area (Å²) < 4.78 is 0. The van der Waals surface area contributed by atoms with Gasteiger partial charge in [0.25, 0.3) is 0 Å². The normalized spacial score (nSPS) is 39.3. The Morgan fingerprint density at radius 1 is 1.16 bits per heavy atom. The van der Waals surface area contributed by atoms with Crippen LogP contribution in [0.3, 0.4) is 0 Å². The number of aliphatic hydroxyl groups is 1. The van der Waals surface area contributed by atoms with Crippen LogP contribution in [0, 0.1) is 23.7 Å². The van der Waals surface area contributed by atoms with Crippen molar-refractivity contribution in [3.05, 3.63) is 0 Å². The first kappa shape index (κ1) is 14.3. The molecule has 1 saturated heterocycles. The summed E-state index contributed by atoms with van der Waals surface area (Å²) in [7, 11) is 0. The van der Waals surface area contributed by atoms with E-state index >= 15 is 0 Å². The average Bonchev–Trinajstić information content (AvgIpc) is 2.74. The van der Waals surface area contributed by atoms with E-state index in [4.69, 9.17) is 0 Å². The third-order valence-electron chi connectivity index (χ3n) is 4.66. The molecule has 3 unspecified atom stereocenters. The van der Waals surface area contributed by atoms with E-state index in [-0.39, 0.29) is 17.7 Å². The molecule has 1 heterocycles. The van der Waals surface area contributed by atoms with Crippen LogP contribution in [0.2, 0.25) is 0 Å². The Morgan fingerprint density at radius 3 is 2.37 bits per heavy atom. The summed E-state index contributed by atoms with van der Waals surface area (Å²) in [6.07, 6.45) is 1.53. The van der Waals surface area contributed by atoms with Crippen LogP contribution in [0.15, 0.2) is 0 Å². The number of β-amino-alcohol motifs (C(OH)–C–C–N with tert-alkyl or cyclic N) is 1. The zero-order valence-corrected chi connectivity index (χ0v) is 11.6. The summed E-state index contributed by atoms with van der Waals surface area (Å²) in [6, 6.07) is 0. The Labute approximate surface area is 113 Å². The van der Waals surface area contributed by atoms with E-state index in [2.05, 4.69) is 0 Å². The maximum absolute atomic E-state index is 12.5. The summed E-state index contributed by atoms with van der Waals surface area (Å²) in [5, 5.41) is 19.1. The monoisotopic (exact) mass is 269 g/mol. The Kier molecular flexibility index (Phi) is 4.13. The zero-order chi connectivity index (χ0) is 14.2. The fourth-order valence-corrected chi connectivity index (χ4v) is 3.32. The lowest BCUT2D eigenvalue weighted by atomic mass is 9.91. The molecule has 2 rings (SSSR count). The third kappa shape index (κ3) is 2.91. The second-order valence-corrected chi connectivity index (χ2v) is 6.25. The lowest BCUT2D eigenvalue weighted by Gasteiger charge is -2.36. The molecule has 0 aromatic carbocycles. The van der Waals surface area contributed by atoms with Crippen LogP contribution in [-0.4, -0.2) is 46.2 Å². The Morgan fingerprint density at radius 2 is 1.79 bits per heavy atom. The van der Waals surface area contributed by atoms with Gasteiger partial charge in [0, 0.05) is 13.1 Å². The topological polar surface area (TPSA) is 77.8 Å². The summed E-state index contributed by atoms with van der Waals surface area (Å²) in [6.45, 7) is 4.95. The van der Waals surface area contributed by atoms with Crippen LogP contribution in [0.5, 0.6) is 0 Å². The van der Waals surface area contributed by atoms with Crippen LogP contribution in [0.25, 0.3) is 0 Å². The second kappa shape index (κ2) is 5.49. The van der Waals surface area contributed by atoms with Gasteiger partial charge in [-0.15, -0.1) is 0 Å². The zero-order valence-electron chi connectivity index (χ0n) is 11.6. The molecule has 1 aliphatic heterocycles. The minimum atomic E-state index is -0.867. The number of aliphatic hydroxyl groups excluding tert-OH is 1. The molecule has 0 radical (unpaired) electrons. The number of aliphatic carboxylic acids is 1. The van der Waals surface area contributed by atoms with E-state index in [0.29, 0.717) is 25.9 Å². The van der Waals surface area contributed by atoms with Crippen molar-refractivity contribution in [1.29, 1.82) is 0 Å². The highest BCUT2D eigenvalue weighted by atomic mass is 16.4. The number of rotatable bonds is 2. The van der Waals surface area contributed by atoms with Gasteiger partial charge in [-0.25, -0.2) is 0 Å². The van der Waals surface area contributed by atoms with Crippen LogP contribution in [-0.2, 0) is 9.59 Å². The standard InChI is InChI=1S/C14H23NO4/c1-8-5-10(11(6-8)14(18)19)13(17)15-4-3-9(2)12(16)7-15/h8-12,16H,3-7H2,1-2H3,(H,18,19)/t8?,9?,10-,11+,12?/m0/s1. The van der Waals surface area contributed by atoms with Crippen LogP contribution in [0.1, 0.15) is 33.1 Å². The number of nitrogens with zero attached hydrogens (tertiary/aromatic N) is 1. The summed E-state index contributed by atoms with van der Waals surface area (Å²) >= 11 is 0. The van der Waals surface area contributed by atoms with E-state index in [1.54, 1.807) is 4.90 Å². The Hall–Kier alpha value is -1.10. The lowest BCUT2D eigenvalue weighted by Crippen LogP contribution is -2.48. The number of carboxylic acids is 1. The summed E-state index contributed by atoms with van der Waals surface area (Å²) in [5.74, 6) is -1.42. The molecule has 5 nitrogen and oxygen atoms in total. The first-order valence-electron chi connectivity index (χ1n) is 7.09. The molecule has 19 heavy (non-hydrogen) atoms. The molecule has 5 heteroatoms. The predicted octanol–water partition coefficient (Wildman–Crippen LogP) is 0.963. The van der Waals surface area contributed by atoms with Crippen molar-refractivity contribution in [2.45, 2.75) is 39.2 Å². The maximum Gasteiger partial charge on any atom is 0.307 e. The highest BCUT2D eigenvalue weighted by molar-refractivity contribution is 5.85. The van der Waals surface area contributed by atoms with Crippen molar-refractivity contribution in [3.8, 4) is 0 Å². The Bertz CT molecular complexity index is 370. The summed E-state index contributed by atoms with van der Waals surface area (Å²) in [5.41, 5.74) is 0. The number of carboxylic acid groups (broad SMARTS) is 1. The highest BCUT2D eigenvalue weighted by Crippen LogP contribution is 2.38. The molecular formula is C14H23NO4. The van der Waals surface area contributed by atoms with Crippen LogP contribution in [0.4, 0.5) is 0 Å². The number of amides is 1. The largest absolute Gasteiger partial charge is 0.481 e. The molecule has 2 fully saturated rings.